The average molecular weight is 270 g/mol. The fraction of sp³-hybridized carbons (Fsp3) is 0.353. The van der Waals surface area contributed by atoms with Crippen LogP contribution in [0.25, 0.3) is 0 Å². The summed E-state index contributed by atoms with van der Waals surface area (Å²) in [6, 6.07) is 12.1. The Balaban J connectivity index is 2.11. The molecule has 0 aliphatic carbocycles. The minimum atomic E-state index is 0.428. The number of nitrogens with zero attached hydrogens (tertiary/aromatic N) is 1. The predicted octanol–water partition coefficient (Wildman–Crippen LogP) is 3.98. The summed E-state index contributed by atoms with van der Waals surface area (Å²) < 4.78 is 5.85. The van der Waals surface area contributed by atoms with E-state index in [1.165, 1.54) is 18.4 Å². The fourth-order valence-electron chi connectivity index (χ4n) is 2.02. The van der Waals surface area contributed by atoms with Gasteiger partial charge in [0.15, 0.2) is 0 Å². The maximum Gasteiger partial charge on any atom is 0.223 e. The molecule has 0 aliphatic rings. The zero-order valence-electron chi connectivity index (χ0n) is 12.2. The number of hydrogen-bond donors (Lipinski definition) is 1. The van der Waals surface area contributed by atoms with E-state index in [0.29, 0.717) is 12.4 Å². The molecule has 1 heterocycles. The number of unbranched alkanes of at least 4 members (excludes halogenated alkanes) is 1. The number of ether oxygens (including phenoxy) is 1. The Morgan fingerprint density at radius 3 is 2.50 bits per heavy atom. The topological polar surface area (TPSA) is 48.1 Å². The summed E-state index contributed by atoms with van der Waals surface area (Å²) >= 11 is 0. The van der Waals surface area contributed by atoms with Gasteiger partial charge in [-0.3, -0.25) is 0 Å². The standard InChI is InChI=1S/C17H22N2O/c1-3-4-5-14-7-10-16(11-8-14)20-17-15(12-18)9-6-13(2)19-17/h6-11H,3-5,12,18H2,1-2H3. The van der Waals surface area contributed by atoms with Crippen LogP contribution in [0.2, 0.25) is 0 Å². The molecule has 2 aromatic rings. The maximum atomic E-state index is 5.85. The van der Waals surface area contributed by atoms with E-state index in [9.17, 15) is 0 Å². The van der Waals surface area contributed by atoms with Crippen LogP contribution in [0.3, 0.4) is 0 Å². The molecular formula is C17H22N2O. The van der Waals surface area contributed by atoms with Gasteiger partial charge in [0.05, 0.1) is 0 Å². The molecule has 0 bridgehead atoms. The van der Waals surface area contributed by atoms with Crippen LogP contribution < -0.4 is 10.5 Å². The summed E-state index contributed by atoms with van der Waals surface area (Å²) in [5.74, 6) is 1.41. The molecule has 0 aliphatic heterocycles. The van der Waals surface area contributed by atoms with Gasteiger partial charge in [-0.2, -0.15) is 0 Å². The van der Waals surface area contributed by atoms with Crippen molar-refractivity contribution in [2.75, 3.05) is 0 Å². The molecule has 3 heteroatoms. The molecule has 1 aromatic heterocycles. The summed E-state index contributed by atoms with van der Waals surface area (Å²) in [5.41, 5.74) is 8.91. The molecule has 0 spiro atoms. The van der Waals surface area contributed by atoms with Crippen molar-refractivity contribution in [3.05, 3.63) is 53.2 Å². The lowest BCUT2D eigenvalue weighted by atomic mass is 10.1. The van der Waals surface area contributed by atoms with Crippen molar-refractivity contribution in [2.45, 2.75) is 39.7 Å². The summed E-state index contributed by atoms with van der Waals surface area (Å²) in [7, 11) is 0. The molecule has 2 rings (SSSR count). The average Bonchev–Trinajstić information content (AvgIpc) is 2.47. The van der Waals surface area contributed by atoms with E-state index in [4.69, 9.17) is 10.5 Å². The number of rotatable bonds is 6. The molecule has 106 valence electrons. The van der Waals surface area contributed by atoms with Crippen molar-refractivity contribution in [1.82, 2.24) is 4.98 Å². The van der Waals surface area contributed by atoms with Crippen molar-refractivity contribution in [3.63, 3.8) is 0 Å². The van der Waals surface area contributed by atoms with E-state index >= 15 is 0 Å². The quantitative estimate of drug-likeness (QED) is 0.863. The van der Waals surface area contributed by atoms with Gasteiger partial charge in [-0.1, -0.05) is 31.5 Å². The van der Waals surface area contributed by atoms with Crippen LogP contribution in [0.1, 0.15) is 36.6 Å². The molecular weight excluding hydrogens is 248 g/mol. The molecule has 0 unspecified atom stereocenters. The van der Waals surface area contributed by atoms with Gasteiger partial charge in [-0.25, -0.2) is 4.98 Å². The van der Waals surface area contributed by atoms with Crippen LogP contribution in [-0.2, 0) is 13.0 Å². The molecule has 3 nitrogen and oxygen atoms in total. The first-order valence-corrected chi connectivity index (χ1v) is 7.16. The number of nitrogens with two attached hydrogens (primary N) is 1. The first-order chi connectivity index (χ1) is 9.72. The molecule has 0 amide bonds. The Morgan fingerprint density at radius 1 is 1.10 bits per heavy atom. The predicted molar refractivity (Wildman–Crippen MR) is 82.0 cm³/mol. The molecule has 0 atom stereocenters. The highest BCUT2D eigenvalue weighted by atomic mass is 16.5. The van der Waals surface area contributed by atoms with E-state index in [1.54, 1.807) is 0 Å². The Hall–Kier alpha value is -1.87. The second-order valence-corrected chi connectivity index (χ2v) is 4.97. The third kappa shape index (κ3) is 3.81. The van der Waals surface area contributed by atoms with Gasteiger partial charge in [0, 0.05) is 17.8 Å². The number of aryl methyl sites for hydroxylation is 2. The molecule has 0 saturated heterocycles. The first kappa shape index (κ1) is 14.5. The van der Waals surface area contributed by atoms with Crippen LogP contribution >= 0.6 is 0 Å². The fourth-order valence-corrected chi connectivity index (χ4v) is 2.02. The zero-order valence-corrected chi connectivity index (χ0v) is 12.2. The van der Waals surface area contributed by atoms with Crippen LogP contribution in [0.5, 0.6) is 11.6 Å². The lowest BCUT2D eigenvalue weighted by Gasteiger charge is -2.10. The van der Waals surface area contributed by atoms with E-state index in [-0.39, 0.29) is 0 Å². The van der Waals surface area contributed by atoms with Crippen LogP contribution in [0, 0.1) is 6.92 Å². The second-order valence-electron chi connectivity index (χ2n) is 4.97. The minimum absolute atomic E-state index is 0.428. The summed E-state index contributed by atoms with van der Waals surface area (Å²) in [4.78, 5) is 4.41. The second kappa shape index (κ2) is 7.06. The number of benzene rings is 1. The van der Waals surface area contributed by atoms with Gasteiger partial charge >= 0.3 is 0 Å². The highest BCUT2D eigenvalue weighted by Gasteiger charge is 2.06. The normalized spacial score (nSPS) is 10.6. The first-order valence-electron chi connectivity index (χ1n) is 7.16. The summed E-state index contributed by atoms with van der Waals surface area (Å²) in [5, 5.41) is 0. The molecule has 0 fully saturated rings. The van der Waals surface area contributed by atoms with Gasteiger partial charge in [0.2, 0.25) is 5.88 Å². The minimum Gasteiger partial charge on any atom is -0.439 e. The SMILES string of the molecule is CCCCc1ccc(Oc2nc(C)ccc2CN)cc1. The number of hydrogen-bond acceptors (Lipinski definition) is 3. The van der Waals surface area contributed by atoms with Gasteiger partial charge < -0.3 is 10.5 Å². The van der Waals surface area contributed by atoms with Crippen molar-refractivity contribution < 1.29 is 4.74 Å². The van der Waals surface area contributed by atoms with E-state index in [2.05, 4.69) is 24.0 Å². The monoisotopic (exact) mass is 270 g/mol. The molecule has 0 saturated carbocycles. The van der Waals surface area contributed by atoms with Crippen LogP contribution in [0.4, 0.5) is 0 Å². The Bertz CT molecular complexity index is 549. The summed E-state index contributed by atoms with van der Waals surface area (Å²) in [6.45, 7) is 4.58. The number of aromatic nitrogens is 1. The molecule has 1 aromatic carbocycles. The van der Waals surface area contributed by atoms with Gasteiger partial charge in [-0.15, -0.1) is 0 Å². The Morgan fingerprint density at radius 2 is 1.85 bits per heavy atom. The van der Waals surface area contributed by atoms with E-state index in [0.717, 1.165) is 23.4 Å². The highest BCUT2D eigenvalue weighted by molar-refractivity contribution is 5.35. The lowest BCUT2D eigenvalue weighted by molar-refractivity contribution is 0.455. The Kier molecular flexibility index (Phi) is 5.13. The molecule has 0 radical (unpaired) electrons. The van der Waals surface area contributed by atoms with E-state index < -0.39 is 0 Å². The maximum absolute atomic E-state index is 5.85. The Labute approximate surface area is 120 Å². The lowest BCUT2D eigenvalue weighted by Crippen LogP contribution is -2.02. The number of pyridine rings is 1. The zero-order chi connectivity index (χ0) is 14.4. The van der Waals surface area contributed by atoms with Gasteiger partial charge in [-0.05, 0) is 43.5 Å². The molecule has 20 heavy (non-hydrogen) atoms. The summed E-state index contributed by atoms with van der Waals surface area (Å²) in [6.07, 6.45) is 3.55. The van der Waals surface area contributed by atoms with Crippen LogP contribution in [-0.4, -0.2) is 4.98 Å². The van der Waals surface area contributed by atoms with Crippen LogP contribution in [0.15, 0.2) is 36.4 Å². The largest absolute Gasteiger partial charge is 0.439 e. The third-order valence-corrected chi connectivity index (χ3v) is 3.26. The van der Waals surface area contributed by atoms with Gasteiger partial charge in [0.1, 0.15) is 5.75 Å². The van der Waals surface area contributed by atoms with Crippen molar-refractivity contribution in [1.29, 1.82) is 0 Å². The van der Waals surface area contributed by atoms with E-state index in [1.807, 2.05) is 31.2 Å². The van der Waals surface area contributed by atoms with Crippen molar-refractivity contribution in [2.24, 2.45) is 5.73 Å². The van der Waals surface area contributed by atoms with Crippen molar-refractivity contribution >= 4 is 0 Å². The smallest absolute Gasteiger partial charge is 0.223 e. The highest BCUT2D eigenvalue weighted by Crippen LogP contribution is 2.24. The third-order valence-electron chi connectivity index (χ3n) is 3.26. The molecule has 2 N–H and O–H groups in total. The van der Waals surface area contributed by atoms with Crippen molar-refractivity contribution in [3.8, 4) is 11.6 Å². The van der Waals surface area contributed by atoms with Gasteiger partial charge in [0.25, 0.3) is 0 Å².